The largest absolute Gasteiger partial charge is 0.497 e. The van der Waals surface area contributed by atoms with Crippen LogP contribution in [0.3, 0.4) is 0 Å². The highest BCUT2D eigenvalue weighted by atomic mass is 35.5. The maximum Gasteiger partial charge on any atom is 0.274 e. The van der Waals surface area contributed by atoms with Gasteiger partial charge in [-0.1, -0.05) is 49.2 Å². The number of nitrogens with zero attached hydrogens (tertiary/aromatic N) is 3. The highest BCUT2D eigenvalue weighted by molar-refractivity contribution is 6.31. The van der Waals surface area contributed by atoms with Gasteiger partial charge in [0.15, 0.2) is 22.5 Å². The fraction of sp³-hybridized carbons (Fsp3) is 0.433. The molecule has 0 radical (unpaired) electrons. The lowest BCUT2D eigenvalue weighted by molar-refractivity contribution is 0.0911. The number of hydrogen-bond donors (Lipinski definition) is 3. The maximum atomic E-state index is 13.1. The standard InChI is InChI=1S/C30H41ClN6O3/c1-5-6-22(34-30(38)26-28(32)36-29(33)27(31)35-26)19-37(2)23(13-7-20-9-15-24(39-3)16-10-20)14-8-21-11-17-25(40-4)18-12-21/h9-12,15-18,22-23H,5-8,13-14,19H2,1-4H3,(H,34,38)(H4,32,33,36). The van der Waals surface area contributed by atoms with Crippen LogP contribution >= 0.6 is 11.6 Å². The second-order valence-electron chi connectivity index (χ2n) is 9.96. The number of carbonyl (C=O) groups excluding carboxylic acids is 1. The van der Waals surface area contributed by atoms with Crippen molar-refractivity contribution in [3.63, 3.8) is 0 Å². The van der Waals surface area contributed by atoms with Gasteiger partial charge in [-0.3, -0.25) is 4.79 Å². The van der Waals surface area contributed by atoms with Gasteiger partial charge in [0.2, 0.25) is 0 Å². The van der Waals surface area contributed by atoms with Gasteiger partial charge >= 0.3 is 0 Å². The molecule has 5 N–H and O–H groups in total. The number of hydrogen-bond acceptors (Lipinski definition) is 8. The molecule has 3 rings (SSSR count). The summed E-state index contributed by atoms with van der Waals surface area (Å²) < 4.78 is 10.6. The van der Waals surface area contributed by atoms with Crippen LogP contribution in [0.1, 0.15) is 54.2 Å². The van der Waals surface area contributed by atoms with E-state index < -0.39 is 5.91 Å². The van der Waals surface area contributed by atoms with Crippen LogP contribution in [0.25, 0.3) is 0 Å². The normalized spacial score (nSPS) is 12.0. The first-order valence-corrected chi connectivity index (χ1v) is 14.0. The Morgan fingerprint density at radius 1 is 0.900 bits per heavy atom. The third-order valence-corrected chi connectivity index (χ3v) is 7.35. The number of aromatic nitrogens is 2. The zero-order valence-corrected chi connectivity index (χ0v) is 24.6. The molecule has 1 aromatic heterocycles. The van der Waals surface area contributed by atoms with E-state index in [2.05, 4.69) is 58.4 Å². The summed E-state index contributed by atoms with van der Waals surface area (Å²) in [4.78, 5) is 23.4. The first kappa shape index (κ1) is 31.0. The molecule has 10 heteroatoms. The van der Waals surface area contributed by atoms with Crippen LogP contribution in [0.15, 0.2) is 48.5 Å². The van der Waals surface area contributed by atoms with Crippen LogP contribution in [0.5, 0.6) is 11.5 Å². The fourth-order valence-electron chi connectivity index (χ4n) is 4.75. The Hall–Kier alpha value is -3.56. The Morgan fingerprint density at radius 3 is 1.90 bits per heavy atom. The van der Waals surface area contributed by atoms with Crippen LogP contribution < -0.4 is 26.3 Å². The molecular formula is C30H41ClN6O3. The van der Waals surface area contributed by atoms with E-state index in [1.165, 1.54) is 11.1 Å². The van der Waals surface area contributed by atoms with Gasteiger partial charge in [-0.05, 0) is 74.5 Å². The van der Waals surface area contributed by atoms with Crippen molar-refractivity contribution in [2.45, 2.75) is 57.5 Å². The van der Waals surface area contributed by atoms with Gasteiger partial charge in [-0.2, -0.15) is 0 Å². The van der Waals surface area contributed by atoms with E-state index in [-0.39, 0.29) is 34.6 Å². The third-order valence-electron chi connectivity index (χ3n) is 7.07. The molecule has 0 saturated carbocycles. The van der Waals surface area contributed by atoms with Crippen molar-refractivity contribution >= 4 is 29.1 Å². The van der Waals surface area contributed by atoms with E-state index in [0.717, 1.165) is 50.0 Å². The molecule has 40 heavy (non-hydrogen) atoms. The average molecular weight is 569 g/mol. The van der Waals surface area contributed by atoms with Crippen molar-refractivity contribution in [2.75, 3.05) is 39.3 Å². The van der Waals surface area contributed by atoms with Crippen molar-refractivity contribution in [1.29, 1.82) is 0 Å². The lowest BCUT2D eigenvalue weighted by Crippen LogP contribution is -2.46. The van der Waals surface area contributed by atoms with Gasteiger partial charge in [-0.25, -0.2) is 9.97 Å². The van der Waals surface area contributed by atoms with E-state index in [1.807, 2.05) is 24.3 Å². The molecule has 0 bridgehead atoms. The minimum absolute atomic E-state index is 0.00267. The first-order chi connectivity index (χ1) is 19.2. The summed E-state index contributed by atoms with van der Waals surface area (Å²) in [6.07, 6.45) is 5.51. The Labute approximate surface area is 242 Å². The van der Waals surface area contributed by atoms with Gasteiger partial charge < -0.3 is 31.2 Å². The molecule has 0 saturated heterocycles. The number of nitrogens with one attached hydrogen (secondary N) is 1. The number of aryl methyl sites for hydroxylation is 2. The van der Waals surface area contributed by atoms with E-state index in [4.69, 9.17) is 32.5 Å². The number of benzene rings is 2. The van der Waals surface area contributed by atoms with E-state index in [1.54, 1.807) is 14.2 Å². The van der Waals surface area contributed by atoms with Crippen molar-refractivity contribution in [1.82, 2.24) is 20.2 Å². The fourth-order valence-corrected chi connectivity index (χ4v) is 4.88. The Morgan fingerprint density at radius 2 is 1.43 bits per heavy atom. The molecule has 216 valence electrons. The predicted molar refractivity (Wildman–Crippen MR) is 161 cm³/mol. The number of halogens is 1. The Kier molecular flexibility index (Phi) is 11.8. The molecule has 3 aromatic rings. The van der Waals surface area contributed by atoms with Crippen molar-refractivity contribution in [2.24, 2.45) is 0 Å². The number of nitrogen functional groups attached to an aromatic ring is 2. The summed E-state index contributed by atoms with van der Waals surface area (Å²) in [7, 11) is 5.47. The number of carbonyl (C=O) groups is 1. The number of ether oxygens (including phenoxy) is 2. The number of amides is 1. The second kappa shape index (κ2) is 15.3. The van der Waals surface area contributed by atoms with Gasteiger partial charge in [0, 0.05) is 18.6 Å². The first-order valence-electron chi connectivity index (χ1n) is 13.6. The number of anilines is 2. The van der Waals surface area contributed by atoms with Crippen molar-refractivity contribution in [3.05, 3.63) is 70.5 Å². The van der Waals surface area contributed by atoms with Crippen LogP contribution in [-0.4, -0.2) is 60.7 Å². The summed E-state index contributed by atoms with van der Waals surface area (Å²) in [6, 6.07) is 16.6. The molecule has 0 aliphatic rings. The minimum Gasteiger partial charge on any atom is -0.497 e. The summed E-state index contributed by atoms with van der Waals surface area (Å²) >= 11 is 6.00. The third kappa shape index (κ3) is 8.99. The van der Waals surface area contributed by atoms with Gasteiger partial charge in [0.05, 0.1) is 14.2 Å². The smallest absolute Gasteiger partial charge is 0.274 e. The Balaban J connectivity index is 1.71. The summed E-state index contributed by atoms with van der Waals surface area (Å²) in [6.45, 7) is 2.77. The van der Waals surface area contributed by atoms with E-state index in [9.17, 15) is 4.79 Å². The zero-order valence-electron chi connectivity index (χ0n) is 23.8. The minimum atomic E-state index is -0.410. The molecule has 2 aromatic carbocycles. The molecule has 1 heterocycles. The second-order valence-corrected chi connectivity index (χ2v) is 10.3. The molecule has 1 amide bonds. The van der Waals surface area contributed by atoms with Crippen LogP contribution in [0.4, 0.5) is 11.6 Å². The lowest BCUT2D eigenvalue weighted by atomic mass is 9.97. The molecule has 0 fully saturated rings. The average Bonchev–Trinajstić information content (AvgIpc) is 2.95. The summed E-state index contributed by atoms with van der Waals surface area (Å²) in [5, 5.41) is 3.05. The number of nitrogens with two attached hydrogens (primary N) is 2. The van der Waals surface area contributed by atoms with Crippen LogP contribution in [0.2, 0.25) is 5.15 Å². The van der Waals surface area contributed by atoms with Gasteiger partial charge in [0.25, 0.3) is 5.91 Å². The summed E-state index contributed by atoms with van der Waals surface area (Å²) in [5.74, 6) is 1.24. The molecule has 1 unspecified atom stereocenters. The molecule has 0 aliphatic carbocycles. The highest BCUT2D eigenvalue weighted by Crippen LogP contribution is 2.21. The van der Waals surface area contributed by atoms with E-state index in [0.29, 0.717) is 6.54 Å². The monoisotopic (exact) mass is 568 g/mol. The SMILES string of the molecule is CCCC(CN(C)C(CCc1ccc(OC)cc1)CCc1ccc(OC)cc1)NC(=O)c1nc(Cl)c(N)nc1N. The molecule has 1 atom stereocenters. The number of likely N-dealkylation sites (N-methyl/N-ethyl adjacent to an activating group) is 1. The number of rotatable bonds is 15. The van der Waals surface area contributed by atoms with Crippen LogP contribution in [-0.2, 0) is 12.8 Å². The van der Waals surface area contributed by atoms with Crippen LogP contribution in [0, 0.1) is 0 Å². The van der Waals surface area contributed by atoms with Gasteiger partial charge in [0.1, 0.15) is 11.5 Å². The molecule has 0 spiro atoms. The van der Waals surface area contributed by atoms with E-state index >= 15 is 0 Å². The predicted octanol–water partition coefficient (Wildman–Crippen LogP) is 4.78. The quantitative estimate of drug-likeness (QED) is 0.239. The Bertz CT molecular complexity index is 1170. The molecule has 0 aliphatic heterocycles. The van der Waals surface area contributed by atoms with Gasteiger partial charge in [-0.15, -0.1) is 0 Å². The summed E-state index contributed by atoms with van der Waals surface area (Å²) in [5.41, 5.74) is 14.1. The zero-order chi connectivity index (χ0) is 29.1. The van der Waals surface area contributed by atoms with Crippen molar-refractivity contribution in [3.8, 4) is 11.5 Å². The number of methoxy groups -OCH3 is 2. The topological polar surface area (TPSA) is 129 Å². The maximum absolute atomic E-state index is 13.1. The highest BCUT2D eigenvalue weighted by Gasteiger charge is 2.23. The lowest BCUT2D eigenvalue weighted by Gasteiger charge is -2.32. The molecule has 9 nitrogen and oxygen atoms in total. The molecular weight excluding hydrogens is 528 g/mol. The van der Waals surface area contributed by atoms with Crippen molar-refractivity contribution < 1.29 is 14.3 Å².